The van der Waals surface area contributed by atoms with E-state index in [1.807, 2.05) is 31.2 Å². The van der Waals surface area contributed by atoms with Gasteiger partial charge < -0.3 is 16.2 Å². The van der Waals surface area contributed by atoms with Gasteiger partial charge in [0.1, 0.15) is 11.6 Å². The molecule has 0 spiro atoms. The standard InChI is InChI=1S/C16H17N5O2.ClH/c1-10-3-2-4-12(7-10)21-15-8-11(5-6-14(15)19-20-21)18-16(23)13(17)9-22;/h2-8,13,22H,9,17H2,1H3,(H,18,23);1H. The number of aliphatic hydroxyl groups excluding tert-OH is 1. The van der Waals surface area contributed by atoms with E-state index in [0.717, 1.165) is 22.3 Å². The summed E-state index contributed by atoms with van der Waals surface area (Å²) in [6.07, 6.45) is 0. The highest BCUT2D eigenvalue weighted by Crippen LogP contribution is 2.21. The van der Waals surface area contributed by atoms with Gasteiger partial charge in [-0.1, -0.05) is 17.3 Å². The molecule has 24 heavy (non-hydrogen) atoms. The number of halogens is 1. The second kappa shape index (κ2) is 7.39. The Kier molecular flexibility index (Phi) is 5.50. The van der Waals surface area contributed by atoms with E-state index in [0.29, 0.717) is 5.69 Å². The third-order valence-electron chi connectivity index (χ3n) is 3.49. The van der Waals surface area contributed by atoms with Crippen LogP contribution in [0.2, 0.25) is 0 Å². The van der Waals surface area contributed by atoms with Crippen LogP contribution in [0.25, 0.3) is 16.7 Å². The number of amides is 1. The molecule has 0 aliphatic carbocycles. The van der Waals surface area contributed by atoms with Crippen LogP contribution in [0, 0.1) is 6.92 Å². The van der Waals surface area contributed by atoms with Gasteiger partial charge in [0.2, 0.25) is 5.91 Å². The number of nitrogens with one attached hydrogen (secondary N) is 1. The number of nitrogens with zero attached hydrogens (tertiary/aromatic N) is 3. The fourth-order valence-electron chi connectivity index (χ4n) is 2.26. The largest absolute Gasteiger partial charge is 0.394 e. The van der Waals surface area contributed by atoms with Crippen molar-refractivity contribution in [1.29, 1.82) is 0 Å². The lowest BCUT2D eigenvalue weighted by molar-refractivity contribution is -0.118. The summed E-state index contributed by atoms with van der Waals surface area (Å²) < 4.78 is 1.71. The number of rotatable bonds is 4. The van der Waals surface area contributed by atoms with E-state index in [4.69, 9.17) is 10.8 Å². The van der Waals surface area contributed by atoms with Gasteiger partial charge >= 0.3 is 0 Å². The third kappa shape index (κ3) is 3.53. The molecule has 0 saturated carbocycles. The molecule has 1 unspecified atom stereocenters. The number of aryl methyl sites for hydroxylation is 1. The topological polar surface area (TPSA) is 106 Å². The van der Waals surface area contributed by atoms with E-state index in [2.05, 4.69) is 15.6 Å². The average molecular weight is 348 g/mol. The summed E-state index contributed by atoms with van der Waals surface area (Å²) in [4.78, 5) is 11.8. The summed E-state index contributed by atoms with van der Waals surface area (Å²) in [5.74, 6) is -0.443. The van der Waals surface area contributed by atoms with Gasteiger partial charge in [0.15, 0.2) is 0 Å². The Labute approximate surface area is 144 Å². The number of hydrogen-bond donors (Lipinski definition) is 3. The predicted molar refractivity (Wildman–Crippen MR) is 94.5 cm³/mol. The number of aromatic nitrogens is 3. The number of benzene rings is 2. The minimum Gasteiger partial charge on any atom is -0.394 e. The van der Waals surface area contributed by atoms with E-state index < -0.39 is 18.6 Å². The molecule has 8 heteroatoms. The minimum atomic E-state index is -0.953. The Morgan fingerprint density at radius 2 is 2.12 bits per heavy atom. The molecule has 0 fully saturated rings. The molecule has 0 aliphatic rings. The second-order valence-electron chi connectivity index (χ2n) is 5.32. The first-order valence-electron chi connectivity index (χ1n) is 7.18. The fourth-order valence-corrected chi connectivity index (χ4v) is 2.26. The molecule has 3 rings (SSSR count). The average Bonchev–Trinajstić information content (AvgIpc) is 2.97. The van der Waals surface area contributed by atoms with Crippen LogP contribution >= 0.6 is 12.4 Å². The number of nitrogens with two attached hydrogens (primary N) is 1. The van der Waals surface area contributed by atoms with Crippen LogP contribution in [0.3, 0.4) is 0 Å². The second-order valence-corrected chi connectivity index (χ2v) is 5.32. The molecule has 3 aromatic rings. The molecule has 0 bridgehead atoms. The molecule has 4 N–H and O–H groups in total. The van der Waals surface area contributed by atoms with Crippen molar-refractivity contribution < 1.29 is 9.90 Å². The van der Waals surface area contributed by atoms with Crippen molar-refractivity contribution in [3.8, 4) is 5.69 Å². The molecule has 1 aromatic heterocycles. The summed E-state index contributed by atoms with van der Waals surface area (Å²) >= 11 is 0. The van der Waals surface area contributed by atoms with Crippen molar-refractivity contribution in [2.75, 3.05) is 11.9 Å². The van der Waals surface area contributed by atoms with Crippen LogP contribution in [0.4, 0.5) is 5.69 Å². The first kappa shape index (κ1) is 17.9. The van der Waals surface area contributed by atoms with E-state index in [9.17, 15) is 4.79 Å². The summed E-state index contributed by atoms with van der Waals surface area (Å²) in [6.45, 7) is 1.60. The van der Waals surface area contributed by atoms with E-state index >= 15 is 0 Å². The minimum absolute atomic E-state index is 0. The molecular formula is C16H18ClN5O2. The zero-order chi connectivity index (χ0) is 16.4. The monoisotopic (exact) mass is 347 g/mol. The lowest BCUT2D eigenvalue weighted by atomic mass is 10.2. The van der Waals surface area contributed by atoms with E-state index in [1.54, 1.807) is 22.9 Å². The van der Waals surface area contributed by atoms with Crippen LogP contribution in [0.1, 0.15) is 5.56 Å². The highest BCUT2D eigenvalue weighted by molar-refractivity contribution is 5.96. The Bertz CT molecular complexity index is 865. The number of carbonyl (C=O) groups is 1. The van der Waals surface area contributed by atoms with Crippen LogP contribution < -0.4 is 11.1 Å². The first-order chi connectivity index (χ1) is 11.1. The molecule has 1 heterocycles. The molecule has 0 radical (unpaired) electrons. The quantitative estimate of drug-likeness (QED) is 0.661. The van der Waals surface area contributed by atoms with E-state index in [-0.39, 0.29) is 12.4 Å². The molecule has 0 aliphatic heterocycles. The van der Waals surface area contributed by atoms with Gasteiger partial charge in [-0.2, -0.15) is 0 Å². The first-order valence-corrected chi connectivity index (χ1v) is 7.18. The molecule has 1 amide bonds. The lowest BCUT2D eigenvalue weighted by Gasteiger charge is -2.10. The third-order valence-corrected chi connectivity index (χ3v) is 3.49. The summed E-state index contributed by atoms with van der Waals surface area (Å²) in [5.41, 5.74) is 9.57. The molecule has 2 aromatic carbocycles. The number of carbonyl (C=O) groups excluding carboxylic acids is 1. The molecule has 7 nitrogen and oxygen atoms in total. The maximum atomic E-state index is 11.8. The van der Waals surface area contributed by atoms with E-state index in [1.165, 1.54) is 0 Å². The van der Waals surface area contributed by atoms with Gasteiger partial charge in [-0.05, 0) is 42.8 Å². The van der Waals surface area contributed by atoms with Crippen molar-refractivity contribution in [3.63, 3.8) is 0 Å². The summed E-state index contributed by atoms with van der Waals surface area (Å²) in [5, 5.41) is 19.9. The van der Waals surface area contributed by atoms with Crippen LogP contribution in [0.5, 0.6) is 0 Å². The zero-order valence-electron chi connectivity index (χ0n) is 13.0. The Morgan fingerprint density at radius 1 is 1.33 bits per heavy atom. The zero-order valence-corrected chi connectivity index (χ0v) is 13.8. The molecule has 0 saturated heterocycles. The maximum Gasteiger partial charge on any atom is 0.243 e. The Balaban J connectivity index is 0.00000208. The maximum absolute atomic E-state index is 11.8. The number of fused-ring (bicyclic) bond motifs is 1. The van der Waals surface area contributed by atoms with Crippen LogP contribution in [-0.2, 0) is 4.79 Å². The van der Waals surface area contributed by atoms with Crippen molar-refractivity contribution in [2.45, 2.75) is 13.0 Å². The van der Waals surface area contributed by atoms with Crippen LogP contribution in [-0.4, -0.2) is 38.7 Å². The van der Waals surface area contributed by atoms with Crippen LogP contribution in [0.15, 0.2) is 42.5 Å². The molecule has 126 valence electrons. The SMILES string of the molecule is Cc1cccc(-n2nnc3ccc(NC(=O)C(N)CO)cc32)c1.Cl. The van der Waals surface area contributed by atoms with Gasteiger partial charge in [0.05, 0.1) is 17.8 Å². The van der Waals surface area contributed by atoms with Gasteiger partial charge in [-0.15, -0.1) is 17.5 Å². The normalized spacial score (nSPS) is 11.8. The smallest absolute Gasteiger partial charge is 0.243 e. The Morgan fingerprint density at radius 3 is 2.83 bits per heavy atom. The van der Waals surface area contributed by atoms with Gasteiger partial charge in [0.25, 0.3) is 0 Å². The van der Waals surface area contributed by atoms with Crippen molar-refractivity contribution in [1.82, 2.24) is 15.0 Å². The Hall–Kier alpha value is -2.48. The highest BCUT2D eigenvalue weighted by Gasteiger charge is 2.13. The molecule has 1 atom stereocenters. The van der Waals surface area contributed by atoms with Gasteiger partial charge in [-0.25, -0.2) is 4.68 Å². The summed E-state index contributed by atoms with van der Waals surface area (Å²) in [6, 6.07) is 12.2. The number of anilines is 1. The lowest BCUT2D eigenvalue weighted by Crippen LogP contribution is -2.38. The fraction of sp³-hybridized carbons (Fsp3) is 0.188. The van der Waals surface area contributed by atoms with Gasteiger partial charge in [0, 0.05) is 5.69 Å². The van der Waals surface area contributed by atoms with Gasteiger partial charge in [-0.3, -0.25) is 4.79 Å². The summed E-state index contributed by atoms with van der Waals surface area (Å²) in [7, 11) is 0. The number of aliphatic hydroxyl groups is 1. The highest BCUT2D eigenvalue weighted by atomic mass is 35.5. The molecular weight excluding hydrogens is 330 g/mol. The van der Waals surface area contributed by atoms with Crippen molar-refractivity contribution >= 4 is 35.0 Å². The predicted octanol–water partition coefficient (Wildman–Crippen LogP) is 1.41. The van der Waals surface area contributed by atoms with Crippen molar-refractivity contribution in [3.05, 3.63) is 48.0 Å². The van der Waals surface area contributed by atoms with Crippen molar-refractivity contribution in [2.24, 2.45) is 5.73 Å². The number of hydrogen-bond acceptors (Lipinski definition) is 5.